The van der Waals surface area contributed by atoms with Crippen LogP contribution in [0, 0.1) is 0 Å². The molecule has 6 nitrogen and oxygen atoms in total. The molecule has 0 saturated carbocycles. The Hall–Kier alpha value is -2.16. The van der Waals surface area contributed by atoms with Crippen LogP contribution in [0.25, 0.3) is 10.9 Å². The van der Waals surface area contributed by atoms with Gasteiger partial charge in [-0.05, 0) is 36.7 Å². The summed E-state index contributed by atoms with van der Waals surface area (Å²) in [6, 6.07) is 15.4. The number of sulfone groups is 2. The lowest BCUT2D eigenvalue weighted by Gasteiger charge is -2.20. The molecule has 1 aromatic heterocycles. The van der Waals surface area contributed by atoms with Gasteiger partial charge in [-0.25, -0.2) is 16.8 Å². The van der Waals surface area contributed by atoms with Gasteiger partial charge in [0.05, 0.1) is 21.7 Å². The number of hydrogen-bond acceptors (Lipinski definition) is 5. The standard InChI is InChI=1S/C20H22N2O4S2/c23-27(24)13-19(20(14-27)28(25,26)16-6-2-1-3-7-16)21-11-10-15-12-22-18-9-5-4-8-17(15)18/h1-9,12,19-22H,10-11,13-14H2/t19-,20-/m0/s1. The SMILES string of the molecule is O=S1(=O)C[C@H](NCCc2c[nH]c3ccccc23)[C@@H](S(=O)(=O)c2ccccc2)C1. The maximum absolute atomic E-state index is 13.0. The Morgan fingerprint density at radius 2 is 1.71 bits per heavy atom. The van der Waals surface area contributed by atoms with Crippen LogP contribution >= 0.6 is 0 Å². The summed E-state index contributed by atoms with van der Waals surface area (Å²) < 4.78 is 50.4. The number of para-hydroxylation sites is 1. The molecule has 2 heterocycles. The van der Waals surface area contributed by atoms with E-state index in [1.807, 2.05) is 30.5 Å². The lowest BCUT2D eigenvalue weighted by atomic mass is 10.1. The quantitative estimate of drug-likeness (QED) is 0.638. The zero-order valence-electron chi connectivity index (χ0n) is 15.2. The molecule has 1 aliphatic rings. The minimum Gasteiger partial charge on any atom is -0.361 e. The molecule has 1 fully saturated rings. The Morgan fingerprint density at radius 3 is 2.50 bits per heavy atom. The molecule has 4 rings (SSSR count). The molecule has 2 atom stereocenters. The minimum atomic E-state index is -3.73. The van der Waals surface area contributed by atoms with Crippen molar-refractivity contribution in [2.75, 3.05) is 18.1 Å². The van der Waals surface area contributed by atoms with E-state index >= 15 is 0 Å². The minimum absolute atomic E-state index is 0.155. The Labute approximate surface area is 164 Å². The van der Waals surface area contributed by atoms with Crippen LogP contribution in [0.2, 0.25) is 0 Å². The van der Waals surface area contributed by atoms with E-state index in [9.17, 15) is 16.8 Å². The third-order valence-electron chi connectivity index (χ3n) is 5.25. The normalized spacial score (nSPS) is 21.9. The van der Waals surface area contributed by atoms with Crippen LogP contribution in [0.5, 0.6) is 0 Å². The van der Waals surface area contributed by atoms with E-state index in [2.05, 4.69) is 10.3 Å². The number of benzene rings is 2. The molecule has 148 valence electrons. The summed E-state index contributed by atoms with van der Waals surface area (Å²) in [5.41, 5.74) is 2.16. The van der Waals surface area contributed by atoms with Crippen LogP contribution in [0.1, 0.15) is 5.56 Å². The number of aromatic amines is 1. The Balaban J connectivity index is 1.51. The molecule has 8 heteroatoms. The van der Waals surface area contributed by atoms with Gasteiger partial charge in [0.1, 0.15) is 0 Å². The molecular formula is C20H22N2O4S2. The molecule has 28 heavy (non-hydrogen) atoms. The van der Waals surface area contributed by atoms with Gasteiger partial charge in [-0.1, -0.05) is 36.4 Å². The van der Waals surface area contributed by atoms with Gasteiger partial charge in [0.25, 0.3) is 0 Å². The zero-order valence-corrected chi connectivity index (χ0v) is 16.8. The van der Waals surface area contributed by atoms with Crippen molar-refractivity contribution in [2.24, 2.45) is 0 Å². The van der Waals surface area contributed by atoms with Gasteiger partial charge >= 0.3 is 0 Å². The van der Waals surface area contributed by atoms with Crippen molar-refractivity contribution in [2.45, 2.75) is 22.6 Å². The lowest BCUT2D eigenvalue weighted by molar-refractivity contribution is 0.528. The van der Waals surface area contributed by atoms with E-state index in [1.54, 1.807) is 18.2 Å². The second-order valence-electron chi connectivity index (χ2n) is 7.14. The number of H-pyrrole nitrogens is 1. The summed E-state index contributed by atoms with van der Waals surface area (Å²) in [6.07, 6.45) is 2.62. The average Bonchev–Trinajstić information content (AvgIpc) is 3.23. The molecule has 1 aliphatic heterocycles. The Morgan fingerprint density at radius 1 is 1.00 bits per heavy atom. The third kappa shape index (κ3) is 3.72. The van der Waals surface area contributed by atoms with Gasteiger partial charge in [0.2, 0.25) is 0 Å². The summed E-state index contributed by atoms with van der Waals surface area (Å²) in [5, 5.41) is 3.35. The van der Waals surface area contributed by atoms with Crippen LogP contribution in [-0.2, 0) is 26.1 Å². The summed E-state index contributed by atoms with van der Waals surface area (Å²) in [6.45, 7) is 0.503. The average molecular weight is 419 g/mol. The maximum atomic E-state index is 13.0. The van der Waals surface area contributed by atoms with E-state index in [1.165, 1.54) is 12.1 Å². The van der Waals surface area contributed by atoms with Crippen molar-refractivity contribution in [1.29, 1.82) is 0 Å². The highest BCUT2D eigenvalue weighted by Gasteiger charge is 2.45. The second kappa shape index (κ2) is 7.35. The smallest absolute Gasteiger partial charge is 0.183 e. The molecule has 2 aromatic carbocycles. The molecule has 0 aliphatic carbocycles. The van der Waals surface area contributed by atoms with Gasteiger partial charge < -0.3 is 10.3 Å². The summed E-state index contributed by atoms with van der Waals surface area (Å²) in [4.78, 5) is 3.38. The highest BCUT2D eigenvalue weighted by atomic mass is 32.2. The van der Waals surface area contributed by atoms with Gasteiger partial charge in [-0.3, -0.25) is 0 Å². The molecule has 3 aromatic rings. The fraction of sp³-hybridized carbons (Fsp3) is 0.300. The first-order chi connectivity index (χ1) is 13.4. The monoisotopic (exact) mass is 418 g/mol. The van der Waals surface area contributed by atoms with Gasteiger partial charge in [0, 0.05) is 23.1 Å². The predicted octanol–water partition coefficient (Wildman–Crippen LogP) is 1.94. The van der Waals surface area contributed by atoms with Gasteiger partial charge in [-0.2, -0.15) is 0 Å². The van der Waals surface area contributed by atoms with Crippen LogP contribution < -0.4 is 5.32 Å². The number of aromatic nitrogens is 1. The van der Waals surface area contributed by atoms with Gasteiger partial charge in [-0.15, -0.1) is 0 Å². The molecule has 0 radical (unpaired) electrons. The second-order valence-corrected chi connectivity index (χ2v) is 11.5. The first kappa shape index (κ1) is 19.2. The van der Waals surface area contributed by atoms with E-state index in [-0.39, 0.29) is 16.4 Å². The summed E-state index contributed by atoms with van der Waals surface area (Å²) in [5.74, 6) is -0.493. The first-order valence-electron chi connectivity index (χ1n) is 9.14. The first-order valence-corrected chi connectivity index (χ1v) is 12.5. The van der Waals surface area contributed by atoms with Crippen molar-refractivity contribution in [3.8, 4) is 0 Å². The largest absolute Gasteiger partial charge is 0.361 e. The fourth-order valence-corrected chi connectivity index (χ4v) is 8.56. The molecule has 0 spiro atoms. The maximum Gasteiger partial charge on any atom is 0.183 e. The highest BCUT2D eigenvalue weighted by molar-refractivity contribution is 7.96. The predicted molar refractivity (Wildman–Crippen MR) is 110 cm³/mol. The molecule has 0 unspecified atom stereocenters. The zero-order chi connectivity index (χ0) is 19.8. The molecule has 2 N–H and O–H groups in total. The number of fused-ring (bicyclic) bond motifs is 1. The molecular weight excluding hydrogens is 396 g/mol. The van der Waals surface area contributed by atoms with Crippen molar-refractivity contribution < 1.29 is 16.8 Å². The van der Waals surface area contributed by atoms with Crippen LogP contribution in [0.15, 0.2) is 65.7 Å². The van der Waals surface area contributed by atoms with Crippen molar-refractivity contribution >= 4 is 30.6 Å². The summed E-state index contributed by atoms with van der Waals surface area (Å²) >= 11 is 0. The molecule has 0 amide bonds. The summed E-state index contributed by atoms with van der Waals surface area (Å²) in [7, 11) is -7.13. The van der Waals surface area contributed by atoms with E-state index < -0.39 is 31.0 Å². The van der Waals surface area contributed by atoms with E-state index in [0.29, 0.717) is 13.0 Å². The number of nitrogens with one attached hydrogen (secondary N) is 2. The topological polar surface area (TPSA) is 96.1 Å². The van der Waals surface area contributed by atoms with Gasteiger partial charge in [0.15, 0.2) is 19.7 Å². The number of rotatable bonds is 6. The Bertz CT molecular complexity index is 1190. The number of hydrogen-bond donors (Lipinski definition) is 2. The van der Waals surface area contributed by atoms with Crippen molar-refractivity contribution in [1.82, 2.24) is 10.3 Å². The van der Waals surface area contributed by atoms with Crippen LogP contribution in [0.3, 0.4) is 0 Å². The van der Waals surface area contributed by atoms with Crippen LogP contribution in [0.4, 0.5) is 0 Å². The lowest BCUT2D eigenvalue weighted by Crippen LogP contribution is -2.44. The van der Waals surface area contributed by atoms with E-state index in [4.69, 9.17) is 0 Å². The fourth-order valence-electron chi connectivity index (χ4n) is 3.83. The highest BCUT2D eigenvalue weighted by Crippen LogP contribution is 2.26. The Kier molecular flexibility index (Phi) is 5.03. The third-order valence-corrected chi connectivity index (χ3v) is 9.41. The van der Waals surface area contributed by atoms with Crippen molar-refractivity contribution in [3.63, 3.8) is 0 Å². The van der Waals surface area contributed by atoms with E-state index in [0.717, 1.165) is 16.5 Å². The van der Waals surface area contributed by atoms with Crippen molar-refractivity contribution in [3.05, 3.63) is 66.4 Å². The van der Waals surface area contributed by atoms with Crippen LogP contribution in [-0.4, -0.2) is 51.2 Å². The molecule has 1 saturated heterocycles. The molecule has 0 bridgehead atoms.